The standard InChI is InChI=1S/C20H34N2O5/c1-18(2,3)14(21-17(25)27-19(4,5)6)15(23)22-10-11-12(20(11,7)8)13(22)16(24)26-9/h11-14H,10H2,1-9H3,(H,21,25)/t11?,12?,13-,14+/m0/s1. The summed E-state index contributed by atoms with van der Waals surface area (Å²) in [6, 6.07) is -1.41. The predicted molar refractivity (Wildman–Crippen MR) is 101 cm³/mol. The van der Waals surface area contributed by atoms with Crippen LogP contribution in [0, 0.1) is 22.7 Å². The molecule has 0 bridgehead atoms. The summed E-state index contributed by atoms with van der Waals surface area (Å²) in [5.74, 6) is -0.304. The number of rotatable bonds is 3. The SMILES string of the molecule is COC(=O)[C@@H]1C2C(CN1C(=O)[C@@H](NC(=O)OC(C)(C)C)C(C)(C)C)C2(C)C. The topological polar surface area (TPSA) is 84.9 Å². The third-order valence-corrected chi connectivity index (χ3v) is 5.71. The van der Waals surface area contributed by atoms with Crippen molar-refractivity contribution in [3.63, 3.8) is 0 Å². The van der Waals surface area contributed by atoms with Gasteiger partial charge in [0.1, 0.15) is 17.7 Å². The molecule has 2 unspecified atom stereocenters. The molecule has 0 spiro atoms. The first-order valence-corrected chi connectivity index (χ1v) is 9.49. The van der Waals surface area contributed by atoms with Crippen LogP contribution in [0.15, 0.2) is 0 Å². The van der Waals surface area contributed by atoms with Crippen LogP contribution in [0.2, 0.25) is 0 Å². The van der Waals surface area contributed by atoms with E-state index in [-0.39, 0.29) is 23.2 Å². The Balaban J connectivity index is 2.23. The minimum atomic E-state index is -0.805. The van der Waals surface area contributed by atoms with Crippen LogP contribution in [0.3, 0.4) is 0 Å². The molecule has 0 aromatic carbocycles. The Bertz CT molecular complexity index is 629. The second-order valence-electron chi connectivity index (χ2n) is 10.4. The van der Waals surface area contributed by atoms with E-state index >= 15 is 0 Å². The fourth-order valence-corrected chi connectivity index (χ4v) is 4.14. The monoisotopic (exact) mass is 382 g/mol. The number of carbonyl (C=O) groups excluding carboxylic acids is 3. The van der Waals surface area contributed by atoms with Crippen molar-refractivity contribution in [2.75, 3.05) is 13.7 Å². The molecule has 0 aromatic rings. The molecule has 1 N–H and O–H groups in total. The van der Waals surface area contributed by atoms with Gasteiger partial charge in [-0.05, 0) is 37.5 Å². The number of likely N-dealkylation sites (tertiary alicyclic amines) is 1. The number of ether oxygens (including phenoxy) is 2. The maximum Gasteiger partial charge on any atom is 0.408 e. The first-order chi connectivity index (χ1) is 12.1. The van der Waals surface area contributed by atoms with E-state index in [0.717, 1.165) is 0 Å². The van der Waals surface area contributed by atoms with E-state index in [1.807, 2.05) is 20.8 Å². The molecule has 4 atom stereocenters. The average molecular weight is 383 g/mol. The first-order valence-electron chi connectivity index (χ1n) is 9.49. The molecule has 1 aliphatic heterocycles. The lowest BCUT2D eigenvalue weighted by Gasteiger charge is -2.37. The second-order valence-corrected chi connectivity index (χ2v) is 10.4. The van der Waals surface area contributed by atoms with Gasteiger partial charge in [0.05, 0.1) is 7.11 Å². The van der Waals surface area contributed by atoms with Crippen LogP contribution in [0.25, 0.3) is 0 Å². The van der Waals surface area contributed by atoms with Crippen molar-refractivity contribution in [2.45, 2.75) is 73.1 Å². The molecule has 1 saturated carbocycles. The maximum atomic E-state index is 13.3. The number of hydrogen-bond acceptors (Lipinski definition) is 5. The number of nitrogens with one attached hydrogen (secondary N) is 1. The van der Waals surface area contributed by atoms with Crippen LogP contribution < -0.4 is 5.32 Å². The summed E-state index contributed by atoms with van der Waals surface area (Å²) < 4.78 is 10.3. The fraction of sp³-hybridized carbons (Fsp3) is 0.850. The van der Waals surface area contributed by atoms with Gasteiger partial charge in [0.15, 0.2) is 0 Å². The van der Waals surface area contributed by atoms with Gasteiger partial charge in [-0.2, -0.15) is 0 Å². The number of methoxy groups -OCH3 is 1. The molecular weight excluding hydrogens is 348 g/mol. The van der Waals surface area contributed by atoms with Crippen LogP contribution in [0.1, 0.15) is 55.4 Å². The second kappa shape index (κ2) is 6.67. The van der Waals surface area contributed by atoms with Crippen molar-refractivity contribution in [2.24, 2.45) is 22.7 Å². The Kier molecular flexibility index (Phi) is 5.32. The molecule has 2 aliphatic rings. The molecule has 27 heavy (non-hydrogen) atoms. The summed E-state index contributed by atoms with van der Waals surface area (Å²) in [7, 11) is 1.34. The van der Waals surface area contributed by atoms with Crippen LogP contribution in [-0.4, -0.2) is 54.2 Å². The predicted octanol–water partition coefficient (Wildman–Crippen LogP) is 2.58. The number of carbonyl (C=O) groups is 3. The van der Waals surface area contributed by atoms with Crippen molar-refractivity contribution in [3.05, 3.63) is 0 Å². The average Bonchev–Trinajstić information content (AvgIpc) is 2.85. The zero-order valence-corrected chi connectivity index (χ0v) is 18.0. The molecule has 2 amide bonds. The van der Waals surface area contributed by atoms with E-state index in [1.54, 1.807) is 25.7 Å². The van der Waals surface area contributed by atoms with Gasteiger partial charge in [-0.1, -0.05) is 34.6 Å². The summed E-state index contributed by atoms with van der Waals surface area (Å²) in [5.41, 5.74) is -1.19. The lowest BCUT2D eigenvalue weighted by Crippen LogP contribution is -2.58. The molecule has 2 fully saturated rings. The van der Waals surface area contributed by atoms with E-state index in [2.05, 4.69) is 19.2 Å². The number of hydrogen-bond donors (Lipinski definition) is 1. The fourth-order valence-electron chi connectivity index (χ4n) is 4.14. The molecular formula is C20H34N2O5. The highest BCUT2D eigenvalue weighted by molar-refractivity contribution is 5.91. The van der Waals surface area contributed by atoms with E-state index in [9.17, 15) is 14.4 Å². The minimum absolute atomic E-state index is 0.0193. The number of nitrogens with zero attached hydrogens (tertiary/aromatic N) is 1. The summed E-state index contributed by atoms with van der Waals surface area (Å²) in [6.45, 7) is 15.7. The van der Waals surface area contributed by atoms with Gasteiger partial charge >= 0.3 is 12.1 Å². The molecule has 2 rings (SSSR count). The molecule has 7 heteroatoms. The van der Waals surface area contributed by atoms with Gasteiger partial charge in [-0.25, -0.2) is 9.59 Å². The third-order valence-electron chi connectivity index (χ3n) is 5.71. The smallest absolute Gasteiger partial charge is 0.408 e. The number of amides is 2. The van der Waals surface area contributed by atoms with Crippen molar-refractivity contribution in [1.82, 2.24) is 10.2 Å². The molecule has 1 aliphatic carbocycles. The summed E-state index contributed by atoms with van der Waals surface area (Å²) in [6.07, 6.45) is -0.643. The molecule has 7 nitrogen and oxygen atoms in total. The van der Waals surface area contributed by atoms with E-state index in [4.69, 9.17) is 9.47 Å². The highest BCUT2D eigenvalue weighted by atomic mass is 16.6. The zero-order chi connectivity index (χ0) is 20.9. The van der Waals surface area contributed by atoms with Crippen LogP contribution in [-0.2, 0) is 19.1 Å². The lowest BCUT2D eigenvalue weighted by molar-refractivity contribution is -0.154. The van der Waals surface area contributed by atoms with Crippen molar-refractivity contribution in [3.8, 4) is 0 Å². The summed E-state index contributed by atoms with van der Waals surface area (Å²) >= 11 is 0. The van der Waals surface area contributed by atoms with Crippen molar-refractivity contribution in [1.29, 1.82) is 0 Å². The Labute approximate surface area is 162 Å². The van der Waals surface area contributed by atoms with Crippen LogP contribution in [0.4, 0.5) is 4.79 Å². The van der Waals surface area contributed by atoms with E-state index in [1.165, 1.54) is 7.11 Å². The molecule has 0 radical (unpaired) electrons. The quantitative estimate of drug-likeness (QED) is 0.759. The molecule has 154 valence electrons. The largest absolute Gasteiger partial charge is 0.467 e. The number of fused-ring (bicyclic) bond motifs is 1. The van der Waals surface area contributed by atoms with Crippen molar-refractivity contribution >= 4 is 18.0 Å². The maximum absolute atomic E-state index is 13.3. The molecule has 0 aromatic heterocycles. The molecule has 1 heterocycles. The third kappa shape index (κ3) is 4.22. The van der Waals surface area contributed by atoms with Gasteiger partial charge in [0, 0.05) is 12.5 Å². The lowest BCUT2D eigenvalue weighted by atomic mass is 9.85. The van der Waals surface area contributed by atoms with E-state index in [0.29, 0.717) is 6.54 Å². The Morgan fingerprint density at radius 1 is 1.11 bits per heavy atom. The normalized spacial score (nSPS) is 27.4. The zero-order valence-electron chi connectivity index (χ0n) is 18.0. The Morgan fingerprint density at radius 2 is 1.67 bits per heavy atom. The first kappa shape index (κ1) is 21.5. The van der Waals surface area contributed by atoms with Crippen molar-refractivity contribution < 1.29 is 23.9 Å². The Morgan fingerprint density at radius 3 is 2.11 bits per heavy atom. The highest BCUT2D eigenvalue weighted by Gasteiger charge is 2.70. The summed E-state index contributed by atoms with van der Waals surface area (Å²) in [5, 5.41) is 2.71. The number of esters is 1. The van der Waals surface area contributed by atoms with E-state index < -0.39 is 35.2 Å². The minimum Gasteiger partial charge on any atom is -0.467 e. The summed E-state index contributed by atoms with van der Waals surface area (Å²) in [4.78, 5) is 39.6. The van der Waals surface area contributed by atoms with Gasteiger partial charge < -0.3 is 19.7 Å². The van der Waals surface area contributed by atoms with Gasteiger partial charge in [0.25, 0.3) is 0 Å². The number of piperidine rings is 1. The van der Waals surface area contributed by atoms with Crippen LogP contribution >= 0.6 is 0 Å². The highest BCUT2D eigenvalue weighted by Crippen LogP contribution is 2.65. The van der Waals surface area contributed by atoms with Gasteiger partial charge in [0.2, 0.25) is 5.91 Å². The Hall–Kier alpha value is -1.79. The van der Waals surface area contributed by atoms with Gasteiger partial charge in [-0.15, -0.1) is 0 Å². The van der Waals surface area contributed by atoms with Crippen LogP contribution in [0.5, 0.6) is 0 Å². The molecule has 1 saturated heterocycles. The number of alkyl carbamates (subject to hydrolysis) is 1. The van der Waals surface area contributed by atoms with Gasteiger partial charge in [-0.3, -0.25) is 4.79 Å².